The van der Waals surface area contributed by atoms with Gasteiger partial charge in [-0.05, 0) is 49.5 Å². The summed E-state index contributed by atoms with van der Waals surface area (Å²) in [5.41, 5.74) is 1.34. The van der Waals surface area contributed by atoms with Gasteiger partial charge in [0.15, 0.2) is 5.69 Å². The summed E-state index contributed by atoms with van der Waals surface area (Å²) in [6.45, 7) is 5.19. The maximum Gasteiger partial charge on any atom is 0.354 e. The molecule has 132 valence electrons. The van der Waals surface area contributed by atoms with Crippen LogP contribution >= 0.6 is 0 Å². The lowest BCUT2D eigenvalue weighted by molar-refractivity contribution is 0.0690. The molecule has 0 radical (unpaired) electrons. The second kappa shape index (κ2) is 8.12. The Morgan fingerprint density at radius 2 is 1.92 bits per heavy atom. The fourth-order valence-electron chi connectivity index (χ4n) is 3.33. The van der Waals surface area contributed by atoms with Crippen molar-refractivity contribution in [3.8, 4) is 0 Å². The largest absolute Gasteiger partial charge is 0.477 e. The number of piperidine rings is 1. The number of anilines is 1. The molecule has 2 heterocycles. The number of carboxylic acid groups (broad SMARTS) is 1. The Kier molecular flexibility index (Phi) is 5.66. The van der Waals surface area contributed by atoms with E-state index in [0.29, 0.717) is 12.4 Å². The van der Waals surface area contributed by atoms with Gasteiger partial charge in [-0.15, -0.1) is 0 Å². The number of likely N-dealkylation sites (tertiary alicyclic amines) is 1. The molecule has 1 atom stereocenters. The first kappa shape index (κ1) is 17.4. The van der Waals surface area contributed by atoms with Crippen LogP contribution in [-0.2, 0) is 0 Å². The molecular formula is C20H25N3O2. The molecular weight excluding hydrogens is 314 g/mol. The molecule has 0 bridgehead atoms. The van der Waals surface area contributed by atoms with E-state index in [0.717, 1.165) is 19.0 Å². The van der Waals surface area contributed by atoms with Gasteiger partial charge in [-0.1, -0.05) is 43.3 Å². The number of aromatic carboxylic acids is 1. The lowest BCUT2D eigenvalue weighted by Crippen LogP contribution is -2.39. The third-order valence-electron chi connectivity index (χ3n) is 4.89. The number of pyridine rings is 1. The molecule has 1 aromatic heterocycles. The predicted molar refractivity (Wildman–Crippen MR) is 98.8 cm³/mol. The molecule has 0 amide bonds. The minimum Gasteiger partial charge on any atom is -0.477 e. The van der Waals surface area contributed by atoms with Crippen molar-refractivity contribution in [1.82, 2.24) is 9.88 Å². The number of hydrogen-bond acceptors (Lipinski definition) is 4. The number of nitrogens with zero attached hydrogens (tertiary/aromatic N) is 2. The van der Waals surface area contributed by atoms with E-state index in [-0.39, 0.29) is 11.7 Å². The topological polar surface area (TPSA) is 65.5 Å². The van der Waals surface area contributed by atoms with Crippen LogP contribution in [0.4, 0.5) is 5.82 Å². The Morgan fingerprint density at radius 3 is 2.60 bits per heavy atom. The molecule has 1 unspecified atom stereocenters. The molecule has 1 saturated heterocycles. The van der Waals surface area contributed by atoms with Crippen LogP contribution in [0.5, 0.6) is 0 Å². The summed E-state index contributed by atoms with van der Waals surface area (Å²) in [4.78, 5) is 17.8. The van der Waals surface area contributed by atoms with Crippen molar-refractivity contribution in [2.24, 2.45) is 5.92 Å². The van der Waals surface area contributed by atoms with Gasteiger partial charge in [0.25, 0.3) is 0 Å². The van der Waals surface area contributed by atoms with Crippen LogP contribution in [0.25, 0.3) is 0 Å². The molecule has 1 aromatic carbocycles. The predicted octanol–water partition coefficient (Wildman–Crippen LogP) is 3.66. The van der Waals surface area contributed by atoms with Crippen molar-refractivity contribution in [2.45, 2.75) is 25.8 Å². The summed E-state index contributed by atoms with van der Waals surface area (Å²) in [5.74, 6) is 0.383. The second-order valence-corrected chi connectivity index (χ2v) is 6.74. The molecule has 0 aliphatic carbocycles. The first-order valence-electron chi connectivity index (χ1n) is 8.86. The maximum atomic E-state index is 11.1. The van der Waals surface area contributed by atoms with E-state index in [2.05, 4.69) is 46.4 Å². The van der Waals surface area contributed by atoms with E-state index in [1.54, 1.807) is 6.07 Å². The smallest absolute Gasteiger partial charge is 0.354 e. The fourth-order valence-corrected chi connectivity index (χ4v) is 3.33. The monoisotopic (exact) mass is 339 g/mol. The van der Waals surface area contributed by atoms with E-state index in [1.807, 2.05) is 12.1 Å². The molecule has 2 N–H and O–H groups in total. The third-order valence-corrected chi connectivity index (χ3v) is 4.89. The Balaban J connectivity index is 1.74. The minimum atomic E-state index is -1.01. The van der Waals surface area contributed by atoms with Crippen molar-refractivity contribution >= 4 is 11.8 Å². The summed E-state index contributed by atoms with van der Waals surface area (Å²) < 4.78 is 0. The van der Waals surface area contributed by atoms with E-state index in [4.69, 9.17) is 5.11 Å². The van der Waals surface area contributed by atoms with Crippen molar-refractivity contribution in [3.63, 3.8) is 0 Å². The number of nitrogens with one attached hydrogen (secondary N) is 1. The quantitative estimate of drug-likeness (QED) is 0.841. The number of aromatic nitrogens is 1. The summed E-state index contributed by atoms with van der Waals surface area (Å²) in [6, 6.07) is 15.8. The van der Waals surface area contributed by atoms with Gasteiger partial charge in [-0.2, -0.15) is 0 Å². The minimum absolute atomic E-state index is 0.0630. The van der Waals surface area contributed by atoms with E-state index in [1.165, 1.54) is 24.5 Å². The first-order valence-corrected chi connectivity index (χ1v) is 8.86. The van der Waals surface area contributed by atoms with E-state index < -0.39 is 5.97 Å². The number of carbonyl (C=O) groups is 1. The Hall–Kier alpha value is -2.40. The van der Waals surface area contributed by atoms with Gasteiger partial charge >= 0.3 is 5.97 Å². The molecule has 5 nitrogen and oxygen atoms in total. The molecule has 0 saturated carbocycles. The van der Waals surface area contributed by atoms with Crippen LogP contribution in [-0.4, -0.2) is 40.6 Å². The molecule has 1 fully saturated rings. The van der Waals surface area contributed by atoms with Crippen LogP contribution in [0.2, 0.25) is 0 Å². The molecule has 2 aromatic rings. The van der Waals surface area contributed by atoms with Gasteiger partial charge < -0.3 is 10.4 Å². The van der Waals surface area contributed by atoms with Crippen molar-refractivity contribution in [1.29, 1.82) is 0 Å². The number of hydrogen-bond donors (Lipinski definition) is 2. The normalized spacial score (nSPS) is 17.2. The molecule has 5 heteroatoms. The molecule has 25 heavy (non-hydrogen) atoms. The Morgan fingerprint density at radius 1 is 1.20 bits per heavy atom. The molecule has 3 rings (SSSR count). The average Bonchev–Trinajstić information content (AvgIpc) is 2.64. The lowest BCUT2D eigenvalue weighted by Gasteiger charge is -2.37. The zero-order chi connectivity index (χ0) is 17.6. The number of rotatable bonds is 6. The SMILES string of the molecule is CC1CCN(C(CNc2cccc(C(=O)O)n2)c2ccccc2)CC1. The Labute approximate surface area is 148 Å². The van der Waals surface area contributed by atoms with E-state index in [9.17, 15) is 4.79 Å². The lowest BCUT2D eigenvalue weighted by atomic mass is 9.95. The number of carboxylic acids is 1. The van der Waals surface area contributed by atoms with Gasteiger partial charge in [0.05, 0.1) is 6.04 Å². The first-order chi connectivity index (χ1) is 12.1. The van der Waals surface area contributed by atoms with Crippen LogP contribution in [0, 0.1) is 5.92 Å². The summed E-state index contributed by atoms with van der Waals surface area (Å²) in [5, 5.41) is 12.4. The summed E-state index contributed by atoms with van der Waals surface area (Å²) >= 11 is 0. The molecule has 1 aliphatic rings. The average molecular weight is 339 g/mol. The van der Waals surface area contributed by atoms with Gasteiger partial charge in [0.1, 0.15) is 5.82 Å². The van der Waals surface area contributed by atoms with Crippen LogP contribution in [0.15, 0.2) is 48.5 Å². The van der Waals surface area contributed by atoms with Gasteiger partial charge in [-0.3, -0.25) is 4.90 Å². The molecule has 0 spiro atoms. The summed E-state index contributed by atoms with van der Waals surface area (Å²) in [7, 11) is 0. The highest BCUT2D eigenvalue weighted by Gasteiger charge is 2.24. The standard InChI is InChI=1S/C20H25N3O2/c1-15-10-12-23(13-11-15)18(16-6-3-2-4-7-16)14-21-19-9-5-8-17(22-19)20(24)25/h2-9,15,18H,10-14H2,1H3,(H,21,22)(H,24,25). The second-order valence-electron chi connectivity index (χ2n) is 6.74. The van der Waals surface area contributed by atoms with Crippen LogP contribution < -0.4 is 5.32 Å². The van der Waals surface area contributed by atoms with E-state index >= 15 is 0 Å². The molecule has 1 aliphatic heterocycles. The summed E-state index contributed by atoms with van der Waals surface area (Å²) in [6.07, 6.45) is 2.44. The van der Waals surface area contributed by atoms with Gasteiger partial charge in [0, 0.05) is 6.54 Å². The van der Waals surface area contributed by atoms with Gasteiger partial charge in [-0.25, -0.2) is 9.78 Å². The van der Waals surface area contributed by atoms with Crippen LogP contribution in [0.1, 0.15) is 41.9 Å². The van der Waals surface area contributed by atoms with Crippen molar-refractivity contribution in [2.75, 3.05) is 25.0 Å². The van der Waals surface area contributed by atoms with Crippen molar-refractivity contribution < 1.29 is 9.90 Å². The zero-order valence-corrected chi connectivity index (χ0v) is 14.6. The highest BCUT2D eigenvalue weighted by molar-refractivity contribution is 5.85. The number of benzene rings is 1. The zero-order valence-electron chi connectivity index (χ0n) is 14.6. The third kappa shape index (κ3) is 4.57. The maximum absolute atomic E-state index is 11.1. The highest BCUT2D eigenvalue weighted by Crippen LogP contribution is 2.27. The highest BCUT2D eigenvalue weighted by atomic mass is 16.4. The Bertz CT molecular complexity index is 697. The van der Waals surface area contributed by atoms with Gasteiger partial charge in [0.2, 0.25) is 0 Å². The fraction of sp³-hybridized carbons (Fsp3) is 0.400. The van der Waals surface area contributed by atoms with Crippen LogP contribution in [0.3, 0.4) is 0 Å². The van der Waals surface area contributed by atoms with Crippen molar-refractivity contribution in [3.05, 3.63) is 59.8 Å².